The Morgan fingerprint density at radius 1 is 1.11 bits per heavy atom. The number of carboxylic acid groups (broad SMARTS) is 1. The number of nitrogens with one attached hydrogen (secondary N) is 1. The molecule has 1 atom stereocenters. The van der Waals surface area contributed by atoms with E-state index in [9.17, 15) is 9.18 Å². The molecule has 5 heteroatoms. The quantitative estimate of drug-likeness (QED) is 0.550. The third-order valence-electron chi connectivity index (χ3n) is 4.79. The maximum atomic E-state index is 13.8. The van der Waals surface area contributed by atoms with E-state index in [4.69, 9.17) is 9.52 Å². The van der Waals surface area contributed by atoms with Gasteiger partial charge in [-0.15, -0.1) is 0 Å². The van der Waals surface area contributed by atoms with Crippen LogP contribution in [0.3, 0.4) is 0 Å². The summed E-state index contributed by atoms with van der Waals surface area (Å²) in [7, 11) is 0. The fraction of sp³-hybridized carbons (Fsp3) is 0.261. The molecule has 2 N–H and O–H groups in total. The summed E-state index contributed by atoms with van der Waals surface area (Å²) < 4.78 is 19.7. The van der Waals surface area contributed by atoms with Gasteiger partial charge in [-0.3, -0.25) is 4.79 Å². The van der Waals surface area contributed by atoms with Crippen molar-refractivity contribution in [2.24, 2.45) is 0 Å². The van der Waals surface area contributed by atoms with Gasteiger partial charge in [0.15, 0.2) is 0 Å². The minimum atomic E-state index is -0.804. The van der Waals surface area contributed by atoms with Gasteiger partial charge in [0.1, 0.15) is 17.3 Å². The third-order valence-corrected chi connectivity index (χ3v) is 4.79. The van der Waals surface area contributed by atoms with Crippen molar-refractivity contribution >= 4 is 5.97 Å². The van der Waals surface area contributed by atoms with E-state index in [0.29, 0.717) is 24.3 Å². The van der Waals surface area contributed by atoms with E-state index in [1.54, 1.807) is 13.0 Å². The molecule has 1 aromatic heterocycles. The Morgan fingerprint density at radius 2 is 1.89 bits per heavy atom. The van der Waals surface area contributed by atoms with Crippen molar-refractivity contribution in [3.63, 3.8) is 0 Å². The predicted octanol–water partition coefficient (Wildman–Crippen LogP) is 4.96. The highest BCUT2D eigenvalue weighted by Crippen LogP contribution is 2.27. The molecular formula is C23H24FNO3. The SMILES string of the molecule is Cc1c(F)cccc1-c1ccc(CNC(CCC(=O)O)Cc2ccccc2)o1. The highest BCUT2D eigenvalue weighted by Gasteiger charge is 2.14. The van der Waals surface area contributed by atoms with Crippen LogP contribution in [-0.2, 0) is 17.8 Å². The molecule has 3 aromatic rings. The van der Waals surface area contributed by atoms with E-state index >= 15 is 0 Å². The van der Waals surface area contributed by atoms with E-state index in [-0.39, 0.29) is 18.3 Å². The van der Waals surface area contributed by atoms with Crippen molar-refractivity contribution in [1.82, 2.24) is 5.32 Å². The lowest BCUT2D eigenvalue weighted by molar-refractivity contribution is -0.137. The van der Waals surface area contributed by atoms with Crippen LogP contribution >= 0.6 is 0 Å². The molecular weight excluding hydrogens is 357 g/mol. The highest BCUT2D eigenvalue weighted by molar-refractivity contribution is 5.66. The van der Waals surface area contributed by atoms with E-state index < -0.39 is 5.97 Å². The first kappa shape index (κ1) is 19.8. The zero-order valence-electron chi connectivity index (χ0n) is 15.8. The van der Waals surface area contributed by atoms with Gasteiger partial charge in [-0.25, -0.2) is 4.39 Å². The van der Waals surface area contributed by atoms with Crippen LogP contribution in [0.4, 0.5) is 4.39 Å². The smallest absolute Gasteiger partial charge is 0.303 e. The summed E-state index contributed by atoms with van der Waals surface area (Å²) in [4.78, 5) is 11.0. The van der Waals surface area contributed by atoms with E-state index in [0.717, 1.165) is 23.3 Å². The number of benzene rings is 2. The number of halogens is 1. The predicted molar refractivity (Wildman–Crippen MR) is 106 cm³/mol. The van der Waals surface area contributed by atoms with Crippen molar-refractivity contribution in [2.75, 3.05) is 0 Å². The zero-order valence-corrected chi connectivity index (χ0v) is 15.8. The van der Waals surface area contributed by atoms with Crippen LogP contribution in [-0.4, -0.2) is 17.1 Å². The molecule has 28 heavy (non-hydrogen) atoms. The lowest BCUT2D eigenvalue weighted by Gasteiger charge is -2.17. The lowest BCUT2D eigenvalue weighted by Crippen LogP contribution is -2.31. The number of carbonyl (C=O) groups is 1. The number of aliphatic carboxylic acids is 1. The van der Waals surface area contributed by atoms with Crippen LogP contribution in [0.2, 0.25) is 0 Å². The highest BCUT2D eigenvalue weighted by atomic mass is 19.1. The van der Waals surface area contributed by atoms with Gasteiger partial charge in [0.05, 0.1) is 6.54 Å². The van der Waals surface area contributed by atoms with Gasteiger partial charge < -0.3 is 14.8 Å². The molecule has 1 unspecified atom stereocenters. The number of furan rings is 1. The summed E-state index contributed by atoms with van der Waals surface area (Å²) in [6, 6.07) is 18.6. The molecule has 0 spiro atoms. The summed E-state index contributed by atoms with van der Waals surface area (Å²) in [5.41, 5.74) is 2.44. The summed E-state index contributed by atoms with van der Waals surface area (Å²) >= 11 is 0. The molecule has 2 aromatic carbocycles. The second-order valence-electron chi connectivity index (χ2n) is 6.88. The van der Waals surface area contributed by atoms with Crippen molar-refractivity contribution in [1.29, 1.82) is 0 Å². The average Bonchev–Trinajstić information content (AvgIpc) is 3.15. The summed E-state index contributed by atoms with van der Waals surface area (Å²) in [5, 5.41) is 12.4. The van der Waals surface area contributed by atoms with Crippen LogP contribution in [0.15, 0.2) is 65.1 Å². The van der Waals surface area contributed by atoms with E-state index in [2.05, 4.69) is 5.32 Å². The molecule has 146 valence electrons. The maximum Gasteiger partial charge on any atom is 0.303 e. The minimum absolute atomic E-state index is 0.0166. The summed E-state index contributed by atoms with van der Waals surface area (Å²) in [5.74, 6) is 0.290. The first-order valence-corrected chi connectivity index (χ1v) is 9.36. The second kappa shape index (κ2) is 9.33. The number of carboxylic acids is 1. The lowest BCUT2D eigenvalue weighted by atomic mass is 10.0. The maximum absolute atomic E-state index is 13.8. The molecule has 0 bridgehead atoms. The van der Waals surface area contributed by atoms with Crippen molar-refractivity contribution < 1.29 is 18.7 Å². The van der Waals surface area contributed by atoms with Gasteiger partial charge in [-0.1, -0.05) is 42.5 Å². The van der Waals surface area contributed by atoms with Crippen LogP contribution in [0, 0.1) is 12.7 Å². The third kappa shape index (κ3) is 5.30. The molecule has 0 aliphatic heterocycles. The van der Waals surface area contributed by atoms with Crippen LogP contribution in [0.25, 0.3) is 11.3 Å². The Hall–Kier alpha value is -2.92. The van der Waals surface area contributed by atoms with Crippen LogP contribution in [0.5, 0.6) is 0 Å². The Labute approximate surface area is 164 Å². The Bertz CT molecular complexity index is 921. The standard InChI is InChI=1S/C23H24FNO3/c1-16-20(8-5-9-21(16)24)22-12-11-19(28-22)15-25-18(10-13-23(26)27)14-17-6-3-2-4-7-17/h2-9,11-12,18,25H,10,13-15H2,1H3,(H,26,27). The molecule has 0 amide bonds. The molecule has 3 rings (SSSR count). The van der Waals surface area contributed by atoms with Gasteiger partial charge in [0.25, 0.3) is 0 Å². The molecule has 0 radical (unpaired) electrons. The fourth-order valence-corrected chi connectivity index (χ4v) is 3.21. The minimum Gasteiger partial charge on any atom is -0.481 e. The number of hydrogen-bond donors (Lipinski definition) is 2. The fourth-order valence-electron chi connectivity index (χ4n) is 3.21. The topological polar surface area (TPSA) is 62.5 Å². The second-order valence-corrected chi connectivity index (χ2v) is 6.88. The Balaban J connectivity index is 1.66. The van der Waals surface area contributed by atoms with Gasteiger partial charge in [-0.2, -0.15) is 0 Å². The van der Waals surface area contributed by atoms with Crippen molar-refractivity contribution in [2.45, 2.75) is 38.8 Å². The monoisotopic (exact) mass is 381 g/mol. The first-order chi connectivity index (χ1) is 13.5. The molecule has 0 saturated heterocycles. The van der Waals surface area contributed by atoms with Gasteiger partial charge >= 0.3 is 5.97 Å². The number of rotatable bonds is 9. The summed E-state index contributed by atoms with van der Waals surface area (Å²) in [6.45, 7) is 2.21. The zero-order chi connectivity index (χ0) is 19.9. The Morgan fingerprint density at radius 3 is 2.64 bits per heavy atom. The molecule has 1 heterocycles. The van der Waals surface area contributed by atoms with Crippen LogP contribution in [0.1, 0.15) is 29.7 Å². The normalized spacial score (nSPS) is 12.1. The van der Waals surface area contributed by atoms with Crippen LogP contribution < -0.4 is 5.32 Å². The van der Waals surface area contributed by atoms with Gasteiger partial charge in [0.2, 0.25) is 0 Å². The summed E-state index contributed by atoms with van der Waals surface area (Å²) in [6.07, 6.45) is 1.38. The van der Waals surface area contributed by atoms with Gasteiger partial charge in [-0.05, 0) is 49.1 Å². The van der Waals surface area contributed by atoms with E-state index in [1.807, 2.05) is 48.5 Å². The van der Waals surface area contributed by atoms with Crippen molar-refractivity contribution in [3.8, 4) is 11.3 Å². The van der Waals surface area contributed by atoms with Crippen molar-refractivity contribution in [3.05, 3.63) is 83.4 Å². The first-order valence-electron chi connectivity index (χ1n) is 9.36. The average molecular weight is 381 g/mol. The molecule has 0 fully saturated rings. The molecule has 0 saturated carbocycles. The largest absolute Gasteiger partial charge is 0.481 e. The Kier molecular flexibility index (Phi) is 6.61. The molecule has 0 aliphatic rings. The van der Waals surface area contributed by atoms with Gasteiger partial charge in [0, 0.05) is 18.0 Å². The number of hydrogen-bond acceptors (Lipinski definition) is 3. The molecule has 4 nitrogen and oxygen atoms in total. The molecule has 0 aliphatic carbocycles. The van der Waals surface area contributed by atoms with E-state index in [1.165, 1.54) is 6.07 Å².